The van der Waals surface area contributed by atoms with E-state index in [2.05, 4.69) is 42.6 Å². The fourth-order valence-corrected chi connectivity index (χ4v) is 8.80. The van der Waals surface area contributed by atoms with Gasteiger partial charge in [0.05, 0.1) is 30.8 Å². The third-order valence-corrected chi connectivity index (χ3v) is 12.7. The van der Waals surface area contributed by atoms with Crippen molar-refractivity contribution in [2.45, 2.75) is 102 Å². The summed E-state index contributed by atoms with van der Waals surface area (Å²) in [5.74, 6) is 6.52. The van der Waals surface area contributed by atoms with Gasteiger partial charge in [0.15, 0.2) is 23.1 Å². The number of nitrogens with zero attached hydrogens (tertiary/aromatic N) is 4. The van der Waals surface area contributed by atoms with E-state index in [4.69, 9.17) is 19.3 Å². The van der Waals surface area contributed by atoms with Crippen molar-refractivity contribution in [3.63, 3.8) is 0 Å². The molecule has 2 aliphatic carbocycles. The van der Waals surface area contributed by atoms with Gasteiger partial charge < -0.3 is 34.6 Å². The molecule has 65 heavy (non-hydrogen) atoms. The molecule has 2 aromatic carbocycles. The first-order chi connectivity index (χ1) is 31.0. The van der Waals surface area contributed by atoms with Crippen molar-refractivity contribution < 1.29 is 47.8 Å². The van der Waals surface area contributed by atoms with E-state index in [9.17, 15) is 28.5 Å². The lowest BCUT2D eigenvalue weighted by Gasteiger charge is -2.20. The molecule has 6 rings (SSSR count). The summed E-state index contributed by atoms with van der Waals surface area (Å²) in [5.41, 5.74) is 2.23. The fraction of sp³-hybridized carbons (Fsp3) is 0.449. The molecule has 2 aromatic heterocycles. The number of aliphatic hydroxyl groups is 3. The van der Waals surface area contributed by atoms with Gasteiger partial charge in [-0.2, -0.15) is 4.98 Å². The van der Waals surface area contributed by atoms with Crippen LogP contribution in [0.15, 0.2) is 95.7 Å². The van der Waals surface area contributed by atoms with E-state index in [0.717, 1.165) is 31.2 Å². The van der Waals surface area contributed by atoms with Gasteiger partial charge >= 0.3 is 5.97 Å². The van der Waals surface area contributed by atoms with Crippen LogP contribution in [0, 0.1) is 35.5 Å². The van der Waals surface area contributed by atoms with Crippen LogP contribution in [0.3, 0.4) is 0 Å². The van der Waals surface area contributed by atoms with Crippen LogP contribution in [0.1, 0.15) is 85.1 Å². The number of para-hydroxylation sites is 2. The van der Waals surface area contributed by atoms with Crippen molar-refractivity contribution in [2.75, 3.05) is 25.0 Å². The number of carboxylic acids is 1. The average Bonchev–Trinajstić information content (AvgIpc) is 3.81. The Balaban J connectivity index is 0.000000265. The van der Waals surface area contributed by atoms with E-state index >= 15 is 0 Å². The van der Waals surface area contributed by atoms with Gasteiger partial charge in [-0.1, -0.05) is 75.8 Å². The number of hydrogen-bond acceptors (Lipinski definition) is 13. The molecule has 2 saturated carbocycles. The minimum absolute atomic E-state index is 0.0169. The minimum atomic E-state index is -4.14. The van der Waals surface area contributed by atoms with Gasteiger partial charge in [0, 0.05) is 31.2 Å². The summed E-state index contributed by atoms with van der Waals surface area (Å²) < 4.78 is 46.6. The summed E-state index contributed by atoms with van der Waals surface area (Å²) in [4.78, 5) is 27.7. The second kappa shape index (κ2) is 23.4. The van der Waals surface area contributed by atoms with Crippen LogP contribution < -0.4 is 18.9 Å². The highest BCUT2D eigenvalue weighted by Gasteiger charge is 2.45. The van der Waals surface area contributed by atoms with Gasteiger partial charge in [-0.05, 0) is 98.1 Å². The molecule has 5 N–H and O–H groups in total. The molecule has 2 heterocycles. The van der Waals surface area contributed by atoms with Crippen molar-refractivity contribution in [3.8, 4) is 46.6 Å². The highest BCUT2D eigenvalue weighted by Crippen LogP contribution is 2.50. The number of ether oxygens (including phenoxy) is 3. The van der Waals surface area contributed by atoms with Crippen LogP contribution in [0.5, 0.6) is 23.1 Å². The molecule has 2 aliphatic rings. The standard InChI is InChI=1S/C27H29N5O6S.C22H32O4/c1-27(2,3)18-10-12-19(13-11-18)39(34,35)32-23-22(38-21-9-6-5-8-20(21)36-4)26(37-17-16-33)31-25(30-23)24-28-14-7-15-29-24;1-3-4-7-15(2)20(23)11-10-18-19-13-16(8-5-6-9-22(25)26)12-17(19)14-21(18)24/h5-15,33H,16-17H2,1-4H3,(H,30,31,32);8,10-11,15,17-21,23-24H,5-7,9,12-14H2,1-2H3,(H,25,26)/b;11-10+,16-8+/t;15?,17-,18+,19-,20+,21+/m.0/s1. The zero-order valence-electron chi connectivity index (χ0n) is 37.8. The number of hydrogen-bond donors (Lipinski definition) is 5. The van der Waals surface area contributed by atoms with Crippen LogP contribution in [0.25, 0.3) is 11.6 Å². The molecular weight excluding hydrogens is 851 g/mol. The van der Waals surface area contributed by atoms with Crippen LogP contribution in [0.2, 0.25) is 0 Å². The predicted octanol–water partition coefficient (Wildman–Crippen LogP) is 7.75. The summed E-state index contributed by atoms with van der Waals surface area (Å²) in [6.07, 6.45) is 13.4. The Kier molecular flexibility index (Phi) is 18.0. The van der Waals surface area contributed by atoms with Gasteiger partial charge in [-0.15, -0.1) is 11.8 Å². The second-order valence-electron chi connectivity index (χ2n) is 17.2. The number of anilines is 1. The second-order valence-corrected chi connectivity index (χ2v) is 18.8. The van der Waals surface area contributed by atoms with Crippen molar-refractivity contribution >= 4 is 21.8 Å². The lowest BCUT2D eigenvalue weighted by atomic mass is 9.87. The van der Waals surface area contributed by atoms with Gasteiger partial charge in [0.2, 0.25) is 11.6 Å². The number of benzene rings is 2. The molecule has 4 aromatic rings. The normalized spacial score (nSPS) is 19.6. The molecule has 1 unspecified atom stereocenters. The van der Waals surface area contributed by atoms with Crippen LogP contribution in [-0.2, 0) is 20.2 Å². The lowest BCUT2D eigenvalue weighted by Crippen LogP contribution is -2.19. The molecule has 16 heteroatoms. The third-order valence-electron chi connectivity index (χ3n) is 11.3. The topological polar surface area (TPSA) is 223 Å². The van der Waals surface area contributed by atoms with Crippen molar-refractivity contribution in [3.05, 3.63) is 96.4 Å². The summed E-state index contributed by atoms with van der Waals surface area (Å²) in [7, 11) is -2.66. The maximum atomic E-state index is 13.5. The molecule has 6 atom stereocenters. The molecule has 0 saturated heterocycles. The highest BCUT2D eigenvalue weighted by molar-refractivity contribution is 7.92. The number of carboxylic acid groups (broad SMARTS) is 1. The number of aliphatic carboxylic acids is 1. The minimum Gasteiger partial charge on any atom is -0.493 e. The third kappa shape index (κ3) is 14.1. The van der Waals surface area contributed by atoms with Gasteiger partial charge in [0.25, 0.3) is 15.9 Å². The Bertz CT molecular complexity index is 2430. The number of rotatable bonds is 18. The van der Waals surface area contributed by atoms with E-state index in [1.807, 2.05) is 39.8 Å². The first-order valence-electron chi connectivity index (χ1n) is 21.8. The lowest BCUT2D eigenvalue weighted by molar-refractivity contribution is -0.137. The molecule has 0 spiro atoms. The number of nitrogens with one attached hydrogen (secondary N) is 1. The number of fused-ring (bicyclic) bond motifs is 1. The van der Waals surface area contributed by atoms with Gasteiger partial charge in [-0.25, -0.2) is 23.4 Å². The van der Waals surface area contributed by atoms with E-state index < -0.39 is 22.1 Å². The first kappa shape index (κ1) is 50.1. The van der Waals surface area contributed by atoms with Crippen LogP contribution >= 0.6 is 0 Å². The summed E-state index contributed by atoms with van der Waals surface area (Å²) in [6.45, 7) is 9.44. The highest BCUT2D eigenvalue weighted by atomic mass is 32.2. The SMILES string of the molecule is CC#CCC(C)[C@H](O)/C=C/[C@@H]1[C@H]2C/C(=C/CCCC(=O)O)C[C@H]2C[C@H]1O.COc1ccccc1Oc1c(NS(=O)(=O)c2ccc(C(C)(C)C)cc2)nc(-c2ncccn2)nc1OCCO. The van der Waals surface area contributed by atoms with Gasteiger partial charge in [0.1, 0.15) is 6.61 Å². The molecule has 0 amide bonds. The molecule has 0 aliphatic heterocycles. The summed E-state index contributed by atoms with van der Waals surface area (Å²) in [6, 6.07) is 15.0. The summed E-state index contributed by atoms with van der Waals surface area (Å²) in [5, 5.41) is 38.8. The number of aliphatic hydroxyl groups excluding tert-OH is 3. The zero-order chi connectivity index (χ0) is 47.1. The number of allylic oxidation sites excluding steroid dienone is 2. The molecule has 0 bridgehead atoms. The molecule has 348 valence electrons. The van der Waals surface area contributed by atoms with E-state index in [-0.39, 0.29) is 82.7 Å². The largest absolute Gasteiger partial charge is 0.493 e. The zero-order valence-corrected chi connectivity index (χ0v) is 38.7. The van der Waals surface area contributed by atoms with Crippen molar-refractivity contribution in [1.82, 2.24) is 19.9 Å². The monoisotopic (exact) mass is 911 g/mol. The maximum absolute atomic E-state index is 13.5. The van der Waals surface area contributed by atoms with Gasteiger partial charge in [-0.3, -0.25) is 9.52 Å². The number of carbonyl (C=O) groups is 1. The predicted molar refractivity (Wildman–Crippen MR) is 247 cm³/mol. The number of methoxy groups -OCH3 is 1. The van der Waals surface area contributed by atoms with Crippen molar-refractivity contribution in [2.24, 2.45) is 23.7 Å². The van der Waals surface area contributed by atoms with E-state index in [0.29, 0.717) is 30.4 Å². The summed E-state index contributed by atoms with van der Waals surface area (Å²) >= 11 is 0. The Morgan fingerprint density at radius 2 is 1.72 bits per heavy atom. The molecule has 2 fully saturated rings. The van der Waals surface area contributed by atoms with E-state index in [1.54, 1.807) is 49.4 Å². The Labute approximate surface area is 382 Å². The first-order valence-corrected chi connectivity index (χ1v) is 23.2. The quantitative estimate of drug-likeness (QED) is 0.0366. The molecule has 15 nitrogen and oxygen atoms in total. The number of unbranched alkanes of at least 4 members (excludes halogenated alkanes) is 1. The smallest absolute Gasteiger partial charge is 0.303 e. The molecular formula is C49H61N5O10S. The van der Waals surface area contributed by atoms with Crippen LogP contribution in [-0.4, -0.2) is 87.3 Å². The van der Waals surface area contributed by atoms with Crippen molar-refractivity contribution in [1.29, 1.82) is 0 Å². The Hall–Kier alpha value is -5.86. The Morgan fingerprint density at radius 1 is 1.02 bits per heavy atom. The number of sulfonamides is 1. The maximum Gasteiger partial charge on any atom is 0.303 e. The van der Waals surface area contributed by atoms with E-state index in [1.165, 1.54) is 37.2 Å². The molecule has 0 radical (unpaired) electrons. The fourth-order valence-electron chi connectivity index (χ4n) is 7.79. The Morgan fingerprint density at radius 3 is 2.37 bits per heavy atom. The number of aromatic nitrogens is 4. The average molecular weight is 912 g/mol. The van der Waals surface area contributed by atoms with Crippen LogP contribution in [0.4, 0.5) is 5.82 Å².